The van der Waals surface area contributed by atoms with Crippen LogP contribution in [0.3, 0.4) is 0 Å². The predicted octanol–water partition coefficient (Wildman–Crippen LogP) is 8.62. The van der Waals surface area contributed by atoms with Gasteiger partial charge in [-0.1, -0.05) is 69.7 Å². The van der Waals surface area contributed by atoms with Crippen LogP contribution in [0.15, 0.2) is 67.0 Å². The SMILES string of the molecule is CCCOC(=O)CC(c1c(O)c2ccccc2oc1=O)C1CCCCC1.CCOC(=O)CC(c1c(O)c2ccccc2oc1=O)C1CCCCC1. The van der Waals surface area contributed by atoms with Crippen molar-refractivity contribution in [2.45, 2.75) is 109 Å². The van der Waals surface area contributed by atoms with E-state index in [1.165, 1.54) is 12.8 Å². The molecule has 2 atom stereocenters. The number of para-hydroxylation sites is 2. The zero-order valence-electron chi connectivity index (χ0n) is 29.7. The van der Waals surface area contributed by atoms with Crippen LogP contribution in [-0.4, -0.2) is 35.4 Å². The molecule has 4 aromatic rings. The molecular weight excluding hydrogens is 652 g/mol. The summed E-state index contributed by atoms with van der Waals surface area (Å²) in [6.45, 7) is 4.37. The molecule has 2 N–H and O–H groups in total. The Labute approximate surface area is 297 Å². The van der Waals surface area contributed by atoms with Crippen molar-refractivity contribution in [3.8, 4) is 11.5 Å². The zero-order valence-corrected chi connectivity index (χ0v) is 29.7. The van der Waals surface area contributed by atoms with Gasteiger partial charge in [-0.15, -0.1) is 0 Å². The van der Waals surface area contributed by atoms with Crippen molar-refractivity contribution in [1.82, 2.24) is 0 Å². The highest BCUT2D eigenvalue weighted by Gasteiger charge is 2.34. The Bertz CT molecular complexity index is 1890. The number of hydrogen-bond acceptors (Lipinski definition) is 10. The number of carbonyl (C=O) groups is 2. The van der Waals surface area contributed by atoms with Gasteiger partial charge in [0, 0.05) is 11.8 Å². The quantitative estimate of drug-likeness (QED) is 0.115. The summed E-state index contributed by atoms with van der Waals surface area (Å²) in [6, 6.07) is 13.8. The summed E-state index contributed by atoms with van der Waals surface area (Å²) in [6.07, 6.45) is 11.3. The molecule has 2 aromatic carbocycles. The minimum atomic E-state index is -0.559. The summed E-state index contributed by atoms with van der Waals surface area (Å²) >= 11 is 0. The Hall–Kier alpha value is -4.60. The molecule has 2 unspecified atom stereocenters. The van der Waals surface area contributed by atoms with Gasteiger partial charge < -0.3 is 28.5 Å². The van der Waals surface area contributed by atoms with E-state index < -0.39 is 11.3 Å². The van der Waals surface area contributed by atoms with E-state index in [0.717, 1.165) is 57.8 Å². The highest BCUT2D eigenvalue weighted by Crippen LogP contribution is 2.43. The Morgan fingerprint density at radius 3 is 1.49 bits per heavy atom. The first-order valence-electron chi connectivity index (χ1n) is 18.5. The highest BCUT2D eigenvalue weighted by molar-refractivity contribution is 5.85. The van der Waals surface area contributed by atoms with Crippen LogP contribution in [0.5, 0.6) is 11.5 Å². The number of esters is 2. The van der Waals surface area contributed by atoms with E-state index >= 15 is 0 Å². The van der Waals surface area contributed by atoms with Gasteiger partial charge in [0.2, 0.25) is 0 Å². The lowest BCUT2D eigenvalue weighted by Gasteiger charge is -2.29. The molecular formula is C41H50O10. The monoisotopic (exact) mass is 702 g/mol. The maximum Gasteiger partial charge on any atom is 0.343 e. The fourth-order valence-electron chi connectivity index (χ4n) is 7.89. The topological polar surface area (TPSA) is 153 Å². The molecule has 0 spiro atoms. The summed E-state index contributed by atoms with van der Waals surface area (Å²) in [4.78, 5) is 49.7. The number of ether oxygens (including phenoxy) is 2. The average molecular weight is 703 g/mol. The van der Waals surface area contributed by atoms with Gasteiger partial charge in [0.1, 0.15) is 22.7 Å². The van der Waals surface area contributed by atoms with Crippen molar-refractivity contribution in [2.24, 2.45) is 11.8 Å². The molecule has 2 aliphatic rings. The fourth-order valence-corrected chi connectivity index (χ4v) is 7.89. The van der Waals surface area contributed by atoms with Crippen LogP contribution in [0.4, 0.5) is 0 Å². The summed E-state index contributed by atoms with van der Waals surface area (Å²) in [5.74, 6) is -1.19. The lowest BCUT2D eigenvalue weighted by atomic mass is 9.75. The number of fused-ring (bicyclic) bond motifs is 2. The Morgan fingerprint density at radius 2 is 1.08 bits per heavy atom. The predicted molar refractivity (Wildman–Crippen MR) is 194 cm³/mol. The molecule has 6 rings (SSSR count). The maximum absolute atomic E-state index is 12.7. The first-order chi connectivity index (χ1) is 24.7. The lowest BCUT2D eigenvalue weighted by Crippen LogP contribution is -2.25. The second-order valence-corrected chi connectivity index (χ2v) is 13.7. The lowest BCUT2D eigenvalue weighted by molar-refractivity contribution is -0.145. The molecule has 10 heteroatoms. The summed E-state index contributed by atoms with van der Waals surface area (Å²) in [5, 5.41) is 22.6. The van der Waals surface area contributed by atoms with Gasteiger partial charge in [0.25, 0.3) is 0 Å². The second-order valence-electron chi connectivity index (χ2n) is 13.7. The summed E-state index contributed by atoms with van der Waals surface area (Å²) in [5.41, 5.74) is 0.0424. The van der Waals surface area contributed by atoms with E-state index in [0.29, 0.717) is 35.2 Å². The summed E-state index contributed by atoms with van der Waals surface area (Å²) < 4.78 is 21.2. The first kappa shape index (κ1) is 37.7. The molecule has 2 aromatic heterocycles. The van der Waals surface area contributed by atoms with E-state index in [-0.39, 0.29) is 71.1 Å². The van der Waals surface area contributed by atoms with Crippen molar-refractivity contribution < 1.29 is 38.1 Å². The van der Waals surface area contributed by atoms with Crippen LogP contribution >= 0.6 is 0 Å². The van der Waals surface area contributed by atoms with Crippen molar-refractivity contribution in [1.29, 1.82) is 0 Å². The Balaban J connectivity index is 0.000000198. The van der Waals surface area contributed by atoms with Gasteiger partial charge >= 0.3 is 23.2 Å². The molecule has 2 saturated carbocycles. The highest BCUT2D eigenvalue weighted by atomic mass is 16.5. The number of carbonyl (C=O) groups excluding carboxylic acids is 2. The van der Waals surface area contributed by atoms with Crippen LogP contribution < -0.4 is 11.3 Å². The molecule has 0 amide bonds. The van der Waals surface area contributed by atoms with Crippen LogP contribution in [0.25, 0.3) is 21.9 Å². The van der Waals surface area contributed by atoms with Gasteiger partial charge in [0.15, 0.2) is 0 Å². The third-order valence-electron chi connectivity index (χ3n) is 10.4. The van der Waals surface area contributed by atoms with Crippen LogP contribution in [0.2, 0.25) is 0 Å². The third-order valence-corrected chi connectivity index (χ3v) is 10.4. The van der Waals surface area contributed by atoms with E-state index in [1.807, 2.05) is 6.92 Å². The molecule has 2 heterocycles. The maximum atomic E-state index is 12.7. The normalized spacial score (nSPS) is 16.6. The summed E-state index contributed by atoms with van der Waals surface area (Å²) in [7, 11) is 0. The number of benzene rings is 2. The molecule has 0 saturated heterocycles. The molecule has 0 aliphatic heterocycles. The Morgan fingerprint density at radius 1 is 0.667 bits per heavy atom. The Kier molecular flexibility index (Phi) is 13.3. The van der Waals surface area contributed by atoms with Gasteiger partial charge in [-0.05, 0) is 75.1 Å². The molecule has 2 aliphatic carbocycles. The second kappa shape index (κ2) is 18.1. The first-order valence-corrected chi connectivity index (χ1v) is 18.5. The molecule has 51 heavy (non-hydrogen) atoms. The number of rotatable bonds is 11. The third kappa shape index (κ3) is 9.20. The standard InChI is InChI=1S/C21H26O5.C20H24O5/c1-2-12-25-18(22)13-16(14-8-4-3-5-9-14)19-20(23)15-10-6-7-11-17(15)26-21(19)24;1-2-24-17(21)12-15(13-8-4-3-5-9-13)18-19(22)14-10-6-7-11-16(14)25-20(18)23/h6-7,10-11,14,16,23H,2-5,8-9,12-13H2,1H3;6-7,10-11,13,15,22H,2-5,8-9,12H2,1H3. The minimum absolute atomic E-state index is 0.0595. The number of hydrogen-bond donors (Lipinski definition) is 2. The van der Waals surface area contributed by atoms with Gasteiger partial charge in [0.05, 0.1) is 48.0 Å². The molecule has 274 valence electrons. The van der Waals surface area contributed by atoms with E-state index in [9.17, 15) is 29.4 Å². The van der Waals surface area contributed by atoms with Crippen molar-refractivity contribution in [3.63, 3.8) is 0 Å². The van der Waals surface area contributed by atoms with E-state index in [2.05, 4.69) is 0 Å². The van der Waals surface area contributed by atoms with Gasteiger partial charge in [-0.25, -0.2) is 9.59 Å². The van der Waals surface area contributed by atoms with E-state index in [4.69, 9.17) is 18.3 Å². The van der Waals surface area contributed by atoms with E-state index in [1.54, 1.807) is 55.5 Å². The van der Waals surface area contributed by atoms with Crippen LogP contribution in [0.1, 0.15) is 120 Å². The van der Waals surface area contributed by atoms with Gasteiger partial charge in [-0.2, -0.15) is 0 Å². The van der Waals surface area contributed by atoms with Crippen molar-refractivity contribution >= 4 is 33.9 Å². The minimum Gasteiger partial charge on any atom is -0.507 e. The van der Waals surface area contributed by atoms with Crippen molar-refractivity contribution in [3.05, 3.63) is 80.5 Å². The van der Waals surface area contributed by atoms with Gasteiger partial charge in [-0.3, -0.25) is 9.59 Å². The molecule has 10 nitrogen and oxygen atoms in total. The molecule has 0 bridgehead atoms. The zero-order chi connectivity index (χ0) is 36.3. The van der Waals surface area contributed by atoms with Crippen LogP contribution in [0, 0.1) is 11.8 Å². The average Bonchev–Trinajstić information content (AvgIpc) is 3.14. The van der Waals surface area contributed by atoms with Crippen molar-refractivity contribution in [2.75, 3.05) is 13.2 Å². The number of aromatic hydroxyl groups is 2. The fraction of sp³-hybridized carbons (Fsp3) is 0.512. The molecule has 2 fully saturated rings. The van der Waals surface area contributed by atoms with Crippen LogP contribution in [-0.2, 0) is 19.1 Å². The molecule has 0 radical (unpaired) electrons. The smallest absolute Gasteiger partial charge is 0.343 e. The largest absolute Gasteiger partial charge is 0.507 e.